The van der Waals surface area contributed by atoms with Crippen molar-refractivity contribution < 1.29 is 9.21 Å². The van der Waals surface area contributed by atoms with Gasteiger partial charge in [0, 0.05) is 16.8 Å². The Hall–Kier alpha value is -2.38. The fraction of sp³-hybridized carbons (Fsp3) is 0.125. The van der Waals surface area contributed by atoms with Gasteiger partial charge in [-0.05, 0) is 42.8 Å². The van der Waals surface area contributed by atoms with Gasteiger partial charge in [0.05, 0.1) is 5.75 Å². The zero-order valence-corrected chi connectivity index (χ0v) is 14.3. The zero-order chi connectivity index (χ0) is 16.9. The third-order valence-corrected chi connectivity index (χ3v) is 4.07. The van der Waals surface area contributed by atoms with Crippen LogP contribution >= 0.6 is 23.4 Å². The minimum atomic E-state index is -0.192. The van der Waals surface area contributed by atoms with Crippen molar-refractivity contribution in [3.8, 4) is 11.5 Å². The Morgan fingerprint density at radius 3 is 2.71 bits per heavy atom. The smallest absolute Gasteiger partial charge is 0.277 e. The Morgan fingerprint density at radius 1 is 1.21 bits per heavy atom. The van der Waals surface area contributed by atoms with Crippen LogP contribution in [0.2, 0.25) is 5.02 Å². The molecule has 2 aromatic heterocycles. The number of anilines is 1. The van der Waals surface area contributed by atoms with Crippen LogP contribution < -0.4 is 5.32 Å². The summed E-state index contributed by atoms with van der Waals surface area (Å²) >= 11 is 7.01. The van der Waals surface area contributed by atoms with Crippen molar-refractivity contribution in [2.45, 2.75) is 12.1 Å². The molecule has 8 heteroatoms. The molecule has 3 rings (SSSR count). The van der Waals surface area contributed by atoms with Crippen LogP contribution in [-0.4, -0.2) is 26.8 Å². The highest BCUT2D eigenvalue weighted by atomic mass is 35.5. The first-order valence-electron chi connectivity index (χ1n) is 7.05. The number of thioether (sulfide) groups is 1. The van der Waals surface area contributed by atoms with Crippen LogP contribution in [0.4, 0.5) is 5.82 Å². The lowest BCUT2D eigenvalue weighted by molar-refractivity contribution is -0.113. The van der Waals surface area contributed by atoms with E-state index >= 15 is 0 Å². The topological polar surface area (TPSA) is 80.9 Å². The molecular formula is C16H13ClN4O2S. The number of pyridine rings is 1. The van der Waals surface area contributed by atoms with E-state index in [0.717, 1.165) is 22.9 Å². The number of amides is 1. The summed E-state index contributed by atoms with van der Waals surface area (Å²) in [6.07, 6.45) is 1.69. The monoisotopic (exact) mass is 360 g/mol. The third-order valence-electron chi connectivity index (χ3n) is 3.00. The van der Waals surface area contributed by atoms with Crippen molar-refractivity contribution in [1.82, 2.24) is 15.2 Å². The lowest BCUT2D eigenvalue weighted by Crippen LogP contribution is -2.14. The second-order valence-electron chi connectivity index (χ2n) is 4.94. The van der Waals surface area contributed by atoms with Gasteiger partial charge in [0.15, 0.2) is 0 Å². The molecule has 0 atom stereocenters. The molecule has 0 aliphatic carbocycles. The number of aromatic nitrogens is 3. The van der Waals surface area contributed by atoms with Crippen LogP contribution in [0.1, 0.15) is 5.56 Å². The first kappa shape index (κ1) is 16.5. The van der Waals surface area contributed by atoms with Crippen LogP contribution in [0.5, 0.6) is 0 Å². The van der Waals surface area contributed by atoms with Crippen LogP contribution in [0.15, 0.2) is 52.2 Å². The van der Waals surface area contributed by atoms with Crippen LogP contribution in [0.25, 0.3) is 11.5 Å². The zero-order valence-electron chi connectivity index (χ0n) is 12.7. The van der Waals surface area contributed by atoms with E-state index in [-0.39, 0.29) is 11.7 Å². The summed E-state index contributed by atoms with van der Waals surface area (Å²) in [6, 6.07) is 10.7. The predicted octanol–water partition coefficient (Wildman–Crippen LogP) is 3.82. The number of aryl methyl sites for hydroxylation is 1. The Labute approximate surface area is 147 Å². The van der Waals surface area contributed by atoms with Gasteiger partial charge in [0.25, 0.3) is 5.22 Å². The molecule has 1 amide bonds. The summed E-state index contributed by atoms with van der Waals surface area (Å²) in [6.45, 7) is 1.93. The van der Waals surface area contributed by atoms with Gasteiger partial charge in [-0.3, -0.25) is 4.79 Å². The summed E-state index contributed by atoms with van der Waals surface area (Å²) < 4.78 is 5.53. The molecule has 2 heterocycles. The van der Waals surface area contributed by atoms with E-state index in [1.54, 1.807) is 36.5 Å². The SMILES string of the molecule is Cc1ccc(NC(=O)CSc2nnc(-c3ccc(Cl)cc3)o2)nc1. The number of hydrogen-bond acceptors (Lipinski definition) is 6. The fourth-order valence-electron chi connectivity index (χ4n) is 1.83. The Morgan fingerprint density at radius 2 is 2.00 bits per heavy atom. The molecule has 0 aliphatic rings. The Kier molecular flexibility index (Phi) is 5.12. The lowest BCUT2D eigenvalue weighted by Gasteiger charge is -2.02. The van der Waals surface area contributed by atoms with Gasteiger partial charge in [-0.1, -0.05) is 29.4 Å². The summed E-state index contributed by atoms with van der Waals surface area (Å²) in [7, 11) is 0. The minimum absolute atomic E-state index is 0.151. The van der Waals surface area contributed by atoms with Crippen molar-refractivity contribution in [3.05, 3.63) is 53.2 Å². The average molecular weight is 361 g/mol. The Bertz CT molecular complexity index is 834. The average Bonchev–Trinajstić information content (AvgIpc) is 3.05. The van der Waals surface area contributed by atoms with E-state index < -0.39 is 0 Å². The molecule has 0 bridgehead atoms. The highest BCUT2D eigenvalue weighted by molar-refractivity contribution is 7.99. The largest absolute Gasteiger partial charge is 0.411 e. The first-order chi connectivity index (χ1) is 11.6. The maximum Gasteiger partial charge on any atom is 0.277 e. The first-order valence-corrected chi connectivity index (χ1v) is 8.41. The number of rotatable bonds is 5. The molecule has 0 spiro atoms. The van der Waals surface area contributed by atoms with E-state index in [2.05, 4.69) is 20.5 Å². The van der Waals surface area contributed by atoms with Gasteiger partial charge >= 0.3 is 0 Å². The molecule has 6 nitrogen and oxygen atoms in total. The molecule has 0 fully saturated rings. The van der Waals surface area contributed by atoms with Crippen molar-refractivity contribution in [3.63, 3.8) is 0 Å². The highest BCUT2D eigenvalue weighted by Gasteiger charge is 2.11. The van der Waals surface area contributed by atoms with Crippen LogP contribution in [0.3, 0.4) is 0 Å². The number of halogens is 1. The summed E-state index contributed by atoms with van der Waals surface area (Å²) in [5, 5.41) is 11.6. The van der Waals surface area contributed by atoms with E-state index in [1.807, 2.05) is 13.0 Å². The number of carbonyl (C=O) groups excluding carboxylic acids is 1. The van der Waals surface area contributed by atoms with Crippen molar-refractivity contribution in [2.75, 3.05) is 11.1 Å². The highest BCUT2D eigenvalue weighted by Crippen LogP contribution is 2.24. The summed E-state index contributed by atoms with van der Waals surface area (Å²) in [5.74, 6) is 0.855. The Balaban J connectivity index is 1.56. The van der Waals surface area contributed by atoms with Gasteiger partial charge in [-0.25, -0.2) is 4.98 Å². The van der Waals surface area contributed by atoms with Gasteiger partial charge < -0.3 is 9.73 Å². The maximum atomic E-state index is 11.9. The second kappa shape index (κ2) is 7.46. The van der Waals surface area contributed by atoms with Crippen LogP contribution in [0, 0.1) is 6.92 Å². The predicted molar refractivity (Wildman–Crippen MR) is 93.1 cm³/mol. The number of carbonyl (C=O) groups is 1. The minimum Gasteiger partial charge on any atom is -0.411 e. The maximum absolute atomic E-state index is 11.9. The second-order valence-corrected chi connectivity index (χ2v) is 6.30. The molecular weight excluding hydrogens is 348 g/mol. The molecule has 0 radical (unpaired) electrons. The van der Waals surface area contributed by atoms with Gasteiger partial charge in [0.1, 0.15) is 5.82 Å². The van der Waals surface area contributed by atoms with Gasteiger partial charge in [-0.2, -0.15) is 0 Å². The standard InChI is InChI=1S/C16H13ClN4O2S/c1-10-2-7-13(18-8-10)19-14(22)9-24-16-21-20-15(23-16)11-3-5-12(17)6-4-11/h2-8H,9H2,1H3,(H,18,19,22). The van der Waals surface area contributed by atoms with Crippen molar-refractivity contribution in [2.24, 2.45) is 0 Å². The van der Waals surface area contributed by atoms with E-state index in [4.69, 9.17) is 16.0 Å². The van der Waals surface area contributed by atoms with E-state index in [9.17, 15) is 4.79 Å². The van der Waals surface area contributed by atoms with E-state index in [1.165, 1.54) is 0 Å². The number of nitrogens with one attached hydrogen (secondary N) is 1. The van der Waals surface area contributed by atoms with E-state index in [0.29, 0.717) is 22.0 Å². The summed E-state index contributed by atoms with van der Waals surface area (Å²) in [4.78, 5) is 16.0. The molecule has 1 N–H and O–H groups in total. The normalized spacial score (nSPS) is 10.6. The van der Waals surface area contributed by atoms with Gasteiger partial charge in [0.2, 0.25) is 11.8 Å². The van der Waals surface area contributed by atoms with Crippen molar-refractivity contribution in [1.29, 1.82) is 0 Å². The molecule has 3 aromatic rings. The molecule has 122 valence electrons. The number of hydrogen-bond donors (Lipinski definition) is 1. The third kappa shape index (κ3) is 4.33. The van der Waals surface area contributed by atoms with Crippen LogP contribution in [-0.2, 0) is 4.79 Å². The van der Waals surface area contributed by atoms with Crippen molar-refractivity contribution >= 4 is 35.1 Å². The number of nitrogens with zero attached hydrogens (tertiary/aromatic N) is 3. The summed E-state index contributed by atoms with van der Waals surface area (Å²) in [5.41, 5.74) is 1.80. The quantitative estimate of drug-likeness (QED) is 0.696. The fourth-order valence-corrected chi connectivity index (χ4v) is 2.51. The lowest BCUT2D eigenvalue weighted by atomic mass is 10.2. The van der Waals surface area contributed by atoms with Gasteiger partial charge in [-0.15, -0.1) is 10.2 Å². The molecule has 24 heavy (non-hydrogen) atoms. The molecule has 1 aromatic carbocycles. The molecule has 0 saturated heterocycles. The molecule has 0 saturated carbocycles. The number of benzene rings is 1. The molecule has 0 aliphatic heterocycles. The molecule has 0 unspecified atom stereocenters.